The van der Waals surface area contributed by atoms with E-state index in [1.165, 1.54) is 30.1 Å². The molecule has 0 unspecified atom stereocenters. The highest BCUT2D eigenvalue weighted by molar-refractivity contribution is 7.89. The molecule has 3 rings (SSSR count). The highest BCUT2D eigenvalue weighted by atomic mass is 32.2. The maximum absolute atomic E-state index is 12.9. The summed E-state index contributed by atoms with van der Waals surface area (Å²) in [6.07, 6.45) is -4.41. The highest BCUT2D eigenvalue weighted by Crippen LogP contribution is 2.31. The third-order valence-electron chi connectivity index (χ3n) is 4.98. The standard InChI is InChI=1S/C20H22F3N3O3S/c1-24(30(28,29)18-8-3-2-4-9-18)15-19(27)26-12-10-25(11-13-26)17-7-5-6-16(14-17)20(21,22)23/h2-9,14H,10-13,15H2,1H3. The van der Waals surface area contributed by atoms with Crippen molar-refractivity contribution in [1.29, 1.82) is 0 Å². The smallest absolute Gasteiger partial charge is 0.368 e. The topological polar surface area (TPSA) is 60.9 Å². The number of carbonyl (C=O) groups excluding carboxylic acids is 1. The minimum atomic E-state index is -4.41. The lowest BCUT2D eigenvalue weighted by molar-refractivity contribution is -0.137. The Morgan fingerprint density at radius 1 is 1.00 bits per heavy atom. The summed E-state index contributed by atoms with van der Waals surface area (Å²) >= 11 is 0. The molecule has 10 heteroatoms. The van der Waals surface area contributed by atoms with Gasteiger partial charge in [-0.25, -0.2) is 8.42 Å². The third-order valence-corrected chi connectivity index (χ3v) is 6.80. The highest BCUT2D eigenvalue weighted by Gasteiger charge is 2.31. The van der Waals surface area contributed by atoms with Crippen LogP contribution in [0.4, 0.5) is 18.9 Å². The molecular weight excluding hydrogens is 419 g/mol. The largest absolute Gasteiger partial charge is 0.416 e. The summed E-state index contributed by atoms with van der Waals surface area (Å²) < 4.78 is 64.9. The van der Waals surface area contributed by atoms with Gasteiger partial charge in [0, 0.05) is 38.9 Å². The predicted molar refractivity (Wildman–Crippen MR) is 106 cm³/mol. The van der Waals surface area contributed by atoms with Crippen LogP contribution in [0.15, 0.2) is 59.5 Å². The van der Waals surface area contributed by atoms with Crippen molar-refractivity contribution in [3.8, 4) is 0 Å². The molecule has 1 fully saturated rings. The minimum absolute atomic E-state index is 0.106. The van der Waals surface area contributed by atoms with Crippen LogP contribution in [0.25, 0.3) is 0 Å². The predicted octanol–water partition coefficient (Wildman–Crippen LogP) is 2.67. The maximum atomic E-state index is 12.9. The average Bonchev–Trinajstić information content (AvgIpc) is 2.74. The van der Waals surface area contributed by atoms with Gasteiger partial charge in [0.1, 0.15) is 0 Å². The number of amides is 1. The number of alkyl halides is 3. The molecule has 1 saturated heterocycles. The quantitative estimate of drug-likeness (QED) is 0.716. The number of sulfonamides is 1. The van der Waals surface area contributed by atoms with Gasteiger partial charge in [0.15, 0.2) is 0 Å². The van der Waals surface area contributed by atoms with Crippen molar-refractivity contribution in [3.63, 3.8) is 0 Å². The number of hydrogen-bond donors (Lipinski definition) is 0. The van der Waals surface area contributed by atoms with E-state index in [-0.39, 0.29) is 17.3 Å². The Labute approximate surface area is 173 Å². The van der Waals surface area contributed by atoms with Crippen LogP contribution in [0, 0.1) is 0 Å². The Balaban J connectivity index is 1.59. The molecule has 2 aromatic rings. The van der Waals surface area contributed by atoms with Crippen molar-refractivity contribution in [2.75, 3.05) is 44.7 Å². The Hall–Kier alpha value is -2.59. The van der Waals surface area contributed by atoms with Crippen molar-refractivity contribution in [3.05, 3.63) is 60.2 Å². The zero-order chi connectivity index (χ0) is 21.9. The van der Waals surface area contributed by atoms with Gasteiger partial charge >= 0.3 is 6.18 Å². The molecule has 0 bridgehead atoms. The zero-order valence-corrected chi connectivity index (χ0v) is 17.2. The number of halogens is 3. The zero-order valence-electron chi connectivity index (χ0n) is 16.3. The van der Waals surface area contributed by atoms with Gasteiger partial charge in [-0.1, -0.05) is 24.3 Å². The average molecular weight is 441 g/mol. The molecule has 0 saturated carbocycles. The SMILES string of the molecule is CN(CC(=O)N1CCN(c2cccc(C(F)(F)F)c2)CC1)S(=O)(=O)c1ccccc1. The second-order valence-corrected chi connectivity index (χ2v) is 9.03. The van der Waals surface area contributed by atoms with Gasteiger partial charge in [-0.15, -0.1) is 0 Å². The van der Waals surface area contributed by atoms with Crippen LogP contribution in [0.5, 0.6) is 0 Å². The van der Waals surface area contributed by atoms with E-state index in [9.17, 15) is 26.4 Å². The number of rotatable bonds is 5. The van der Waals surface area contributed by atoms with Gasteiger partial charge in [0.25, 0.3) is 0 Å². The maximum Gasteiger partial charge on any atom is 0.416 e. The lowest BCUT2D eigenvalue weighted by Gasteiger charge is -2.36. The lowest BCUT2D eigenvalue weighted by Crippen LogP contribution is -2.51. The van der Waals surface area contributed by atoms with E-state index >= 15 is 0 Å². The van der Waals surface area contributed by atoms with Gasteiger partial charge < -0.3 is 9.80 Å². The summed E-state index contributed by atoms with van der Waals surface area (Å²) in [6.45, 7) is 1.02. The number of likely N-dealkylation sites (N-methyl/N-ethyl adjacent to an activating group) is 1. The van der Waals surface area contributed by atoms with Crippen LogP contribution in [0.3, 0.4) is 0 Å². The number of benzene rings is 2. The van der Waals surface area contributed by atoms with Crippen LogP contribution < -0.4 is 4.90 Å². The lowest BCUT2D eigenvalue weighted by atomic mass is 10.1. The van der Waals surface area contributed by atoms with E-state index in [2.05, 4.69) is 0 Å². The van der Waals surface area contributed by atoms with Crippen LogP contribution in [-0.2, 0) is 21.0 Å². The summed E-state index contributed by atoms with van der Waals surface area (Å²) in [6, 6.07) is 12.9. The van der Waals surface area contributed by atoms with Crippen molar-refractivity contribution in [2.24, 2.45) is 0 Å². The van der Waals surface area contributed by atoms with Crippen LogP contribution >= 0.6 is 0 Å². The van der Waals surface area contributed by atoms with E-state index in [0.717, 1.165) is 16.4 Å². The fourth-order valence-corrected chi connectivity index (χ4v) is 4.38. The molecule has 1 heterocycles. The van der Waals surface area contributed by atoms with E-state index in [1.54, 1.807) is 29.2 Å². The molecule has 0 radical (unpaired) electrons. The van der Waals surface area contributed by atoms with E-state index in [1.807, 2.05) is 0 Å². The summed E-state index contributed by atoms with van der Waals surface area (Å²) in [5.74, 6) is -0.347. The van der Waals surface area contributed by atoms with Gasteiger partial charge in [0.2, 0.25) is 15.9 Å². The minimum Gasteiger partial charge on any atom is -0.368 e. The molecule has 6 nitrogen and oxygen atoms in total. The Morgan fingerprint density at radius 3 is 2.23 bits per heavy atom. The molecule has 0 atom stereocenters. The first kappa shape index (κ1) is 22.1. The van der Waals surface area contributed by atoms with Crippen molar-refractivity contribution >= 4 is 21.6 Å². The molecule has 1 aliphatic heterocycles. The number of nitrogens with zero attached hydrogens (tertiary/aromatic N) is 3. The number of hydrogen-bond acceptors (Lipinski definition) is 4. The van der Waals surface area contributed by atoms with Gasteiger partial charge in [-0.05, 0) is 30.3 Å². The normalized spacial score (nSPS) is 15.5. The van der Waals surface area contributed by atoms with E-state index in [0.29, 0.717) is 31.9 Å². The Kier molecular flexibility index (Phi) is 6.37. The van der Waals surface area contributed by atoms with Gasteiger partial charge in [-0.3, -0.25) is 4.79 Å². The van der Waals surface area contributed by atoms with Gasteiger partial charge in [0.05, 0.1) is 17.0 Å². The summed E-state index contributed by atoms with van der Waals surface area (Å²) in [4.78, 5) is 16.0. The van der Waals surface area contributed by atoms with E-state index < -0.39 is 21.8 Å². The molecule has 2 aromatic carbocycles. The molecule has 162 valence electrons. The molecule has 0 spiro atoms. The summed E-state index contributed by atoms with van der Waals surface area (Å²) in [5.41, 5.74) is -0.271. The van der Waals surface area contributed by atoms with Crippen LogP contribution in [-0.4, -0.2) is 63.3 Å². The first-order chi connectivity index (χ1) is 14.1. The molecular formula is C20H22F3N3O3S. The van der Waals surface area contributed by atoms with Crippen molar-refractivity contribution < 1.29 is 26.4 Å². The molecule has 1 amide bonds. The number of anilines is 1. The number of piperazine rings is 1. The summed E-state index contributed by atoms with van der Waals surface area (Å²) in [7, 11) is -2.43. The fourth-order valence-electron chi connectivity index (χ4n) is 3.24. The summed E-state index contributed by atoms with van der Waals surface area (Å²) in [5, 5.41) is 0. The fraction of sp³-hybridized carbons (Fsp3) is 0.350. The second-order valence-electron chi connectivity index (χ2n) is 6.99. The molecule has 0 aromatic heterocycles. The van der Waals surface area contributed by atoms with Crippen molar-refractivity contribution in [2.45, 2.75) is 11.1 Å². The molecule has 0 N–H and O–H groups in total. The second kappa shape index (κ2) is 8.65. The van der Waals surface area contributed by atoms with Gasteiger partial charge in [-0.2, -0.15) is 17.5 Å². The molecule has 0 aliphatic carbocycles. The number of carbonyl (C=O) groups is 1. The van der Waals surface area contributed by atoms with Crippen LogP contribution in [0.1, 0.15) is 5.56 Å². The monoisotopic (exact) mass is 441 g/mol. The van der Waals surface area contributed by atoms with E-state index in [4.69, 9.17) is 0 Å². The third kappa shape index (κ3) is 4.93. The first-order valence-corrected chi connectivity index (χ1v) is 10.7. The Bertz CT molecular complexity index is 989. The molecule has 30 heavy (non-hydrogen) atoms. The van der Waals surface area contributed by atoms with Crippen molar-refractivity contribution in [1.82, 2.24) is 9.21 Å². The Morgan fingerprint density at radius 2 is 1.63 bits per heavy atom. The van der Waals surface area contributed by atoms with Crippen LogP contribution in [0.2, 0.25) is 0 Å². The first-order valence-electron chi connectivity index (χ1n) is 9.30. The molecule has 1 aliphatic rings.